The van der Waals surface area contributed by atoms with Gasteiger partial charge in [0.2, 0.25) is 0 Å². The van der Waals surface area contributed by atoms with Crippen LogP contribution in [0.25, 0.3) is 0 Å². The van der Waals surface area contributed by atoms with Gasteiger partial charge in [-0.05, 0) is 79.4 Å². The fraction of sp³-hybridized carbons (Fsp3) is 0.792. The molecule has 160 valence electrons. The van der Waals surface area contributed by atoms with E-state index in [1.165, 1.54) is 12.5 Å². The standard InChI is InChI=1S/C24H34O4S/c1-14(25)28-13-20(27)22-21(29-4)12-19-17-6-5-15-11-16(26)7-9-23(15,2)18(17)8-10-24(19,22)3/h11,17-19,21-22H,5-10,12-13H2,1-4H3/t17-,18+,19+,21-,22+,23+,24+/m1/s1. The molecule has 4 rings (SSSR count). The number of rotatable bonds is 4. The molecule has 0 heterocycles. The lowest BCUT2D eigenvalue weighted by Crippen LogP contribution is -2.51. The molecule has 0 amide bonds. The Labute approximate surface area is 178 Å². The Bertz CT molecular complexity index is 758. The molecule has 0 radical (unpaired) electrons. The van der Waals surface area contributed by atoms with Gasteiger partial charge in [0.15, 0.2) is 11.6 Å². The number of carbonyl (C=O) groups excluding carboxylic acids is 3. The first-order chi connectivity index (χ1) is 13.7. The van der Waals surface area contributed by atoms with Crippen molar-refractivity contribution in [2.24, 2.45) is 34.5 Å². The van der Waals surface area contributed by atoms with Gasteiger partial charge in [-0.3, -0.25) is 14.4 Å². The zero-order chi connectivity index (χ0) is 21.0. The van der Waals surface area contributed by atoms with Gasteiger partial charge in [-0.25, -0.2) is 0 Å². The Kier molecular flexibility index (Phi) is 5.50. The van der Waals surface area contributed by atoms with E-state index in [0.717, 1.165) is 38.5 Å². The molecule has 0 unspecified atom stereocenters. The van der Waals surface area contributed by atoms with Crippen LogP contribution in [-0.2, 0) is 19.1 Å². The van der Waals surface area contributed by atoms with E-state index >= 15 is 0 Å². The number of allylic oxidation sites excluding steroid dienone is 1. The third kappa shape index (κ3) is 3.32. The Morgan fingerprint density at radius 2 is 1.93 bits per heavy atom. The fourth-order valence-corrected chi connectivity index (χ4v) is 8.75. The second kappa shape index (κ2) is 7.55. The van der Waals surface area contributed by atoms with Gasteiger partial charge < -0.3 is 4.74 Å². The second-order valence-electron chi connectivity index (χ2n) is 10.2. The zero-order valence-electron chi connectivity index (χ0n) is 18.2. The first kappa shape index (κ1) is 21.1. The summed E-state index contributed by atoms with van der Waals surface area (Å²) < 4.78 is 5.10. The van der Waals surface area contributed by atoms with E-state index in [9.17, 15) is 14.4 Å². The lowest BCUT2D eigenvalue weighted by molar-refractivity contribution is -0.149. The van der Waals surface area contributed by atoms with Crippen molar-refractivity contribution < 1.29 is 19.1 Å². The maximum atomic E-state index is 13.1. The van der Waals surface area contributed by atoms with Crippen LogP contribution in [-0.4, -0.2) is 35.6 Å². The van der Waals surface area contributed by atoms with Crippen LogP contribution in [0.5, 0.6) is 0 Å². The molecule has 29 heavy (non-hydrogen) atoms. The molecule has 3 fully saturated rings. The Balaban J connectivity index is 1.62. The highest BCUT2D eigenvalue weighted by Gasteiger charge is 2.62. The molecule has 4 nitrogen and oxygen atoms in total. The van der Waals surface area contributed by atoms with Crippen LogP contribution >= 0.6 is 11.8 Å². The zero-order valence-corrected chi connectivity index (χ0v) is 19.0. The molecule has 7 atom stereocenters. The third-order valence-electron chi connectivity index (χ3n) is 9.04. The van der Waals surface area contributed by atoms with Crippen LogP contribution in [0.2, 0.25) is 0 Å². The molecule has 0 aromatic carbocycles. The number of carbonyl (C=O) groups is 3. The average molecular weight is 419 g/mol. The number of Topliss-reactive ketones (excluding diaryl/α,β-unsaturated/α-hetero) is 1. The molecule has 3 saturated carbocycles. The average Bonchev–Trinajstić information content (AvgIpc) is 2.99. The monoisotopic (exact) mass is 418 g/mol. The van der Waals surface area contributed by atoms with Crippen molar-refractivity contribution in [1.82, 2.24) is 0 Å². The highest BCUT2D eigenvalue weighted by atomic mass is 32.2. The van der Waals surface area contributed by atoms with Gasteiger partial charge in [-0.15, -0.1) is 0 Å². The van der Waals surface area contributed by atoms with Crippen molar-refractivity contribution >= 4 is 29.3 Å². The van der Waals surface area contributed by atoms with E-state index in [1.54, 1.807) is 0 Å². The van der Waals surface area contributed by atoms with Gasteiger partial charge in [0.05, 0.1) is 0 Å². The lowest BCUT2D eigenvalue weighted by atomic mass is 9.46. The van der Waals surface area contributed by atoms with Gasteiger partial charge in [0.1, 0.15) is 6.61 Å². The van der Waals surface area contributed by atoms with Crippen LogP contribution in [0.3, 0.4) is 0 Å². The summed E-state index contributed by atoms with van der Waals surface area (Å²) in [5.41, 5.74) is 1.54. The summed E-state index contributed by atoms with van der Waals surface area (Å²) in [6.45, 7) is 6.01. The molecule has 0 N–H and O–H groups in total. The van der Waals surface area contributed by atoms with Crippen molar-refractivity contribution in [2.75, 3.05) is 12.9 Å². The molecular formula is C24H34O4S. The summed E-state index contributed by atoms with van der Waals surface area (Å²) in [5.74, 6) is 1.80. The van der Waals surface area contributed by atoms with E-state index in [0.29, 0.717) is 35.2 Å². The fourth-order valence-electron chi connectivity index (χ4n) is 7.62. The van der Waals surface area contributed by atoms with Gasteiger partial charge in [-0.1, -0.05) is 19.4 Å². The maximum Gasteiger partial charge on any atom is 0.303 e. The number of ether oxygens (including phenoxy) is 1. The first-order valence-electron chi connectivity index (χ1n) is 11.1. The minimum absolute atomic E-state index is 0.00581. The summed E-state index contributed by atoms with van der Waals surface area (Å²) in [7, 11) is 0. The predicted octanol–water partition coefficient (Wildman–Crippen LogP) is 4.61. The topological polar surface area (TPSA) is 60.4 Å². The largest absolute Gasteiger partial charge is 0.458 e. The minimum atomic E-state index is -0.381. The number of esters is 1. The van der Waals surface area contributed by atoms with Crippen molar-refractivity contribution in [2.45, 2.75) is 71.0 Å². The Hall–Kier alpha value is -1.10. The molecule has 5 heteroatoms. The van der Waals surface area contributed by atoms with Crippen molar-refractivity contribution in [3.63, 3.8) is 0 Å². The van der Waals surface area contributed by atoms with Crippen molar-refractivity contribution in [1.29, 1.82) is 0 Å². The molecule has 0 aromatic rings. The summed E-state index contributed by atoms with van der Waals surface area (Å²) in [6.07, 6.45) is 11.2. The summed E-state index contributed by atoms with van der Waals surface area (Å²) in [6, 6.07) is 0. The summed E-state index contributed by atoms with van der Waals surface area (Å²) in [5, 5.41) is 0.310. The molecule has 0 bridgehead atoms. The van der Waals surface area contributed by atoms with E-state index < -0.39 is 0 Å². The Morgan fingerprint density at radius 1 is 1.17 bits per heavy atom. The number of hydrogen-bond acceptors (Lipinski definition) is 5. The number of thioether (sulfide) groups is 1. The van der Waals surface area contributed by atoms with E-state index in [1.807, 2.05) is 17.8 Å². The quantitative estimate of drug-likeness (QED) is 0.624. The minimum Gasteiger partial charge on any atom is -0.458 e. The van der Waals surface area contributed by atoms with Gasteiger partial charge in [0.25, 0.3) is 0 Å². The van der Waals surface area contributed by atoms with Crippen molar-refractivity contribution in [3.8, 4) is 0 Å². The van der Waals surface area contributed by atoms with Crippen LogP contribution in [0.4, 0.5) is 0 Å². The number of fused-ring (bicyclic) bond motifs is 5. The first-order valence-corrected chi connectivity index (χ1v) is 12.4. The van der Waals surface area contributed by atoms with Gasteiger partial charge in [-0.2, -0.15) is 11.8 Å². The van der Waals surface area contributed by atoms with Gasteiger partial charge >= 0.3 is 5.97 Å². The highest BCUT2D eigenvalue weighted by Crippen LogP contribution is 2.67. The van der Waals surface area contributed by atoms with Gasteiger partial charge in [0, 0.05) is 24.5 Å². The van der Waals surface area contributed by atoms with Crippen LogP contribution in [0, 0.1) is 34.5 Å². The number of hydrogen-bond donors (Lipinski definition) is 0. The second-order valence-corrected chi connectivity index (χ2v) is 11.3. The molecule has 0 aliphatic heterocycles. The lowest BCUT2D eigenvalue weighted by Gasteiger charge is -2.58. The summed E-state index contributed by atoms with van der Waals surface area (Å²) >= 11 is 1.81. The van der Waals surface area contributed by atoms with Crippen LogP contribution in [0.1, 0.15) is 65.7 Å². The molecular weight excluding hydrogens is 384 g/mol. The normalized spacial score (nSPS) is 43.7. The predicted molar refractivity (Wildman–Crippen MR) is 115 cm³/mol. The maximum absolute atomic E-state index is 13.1. The van der Waals surface area contributed by atoms with Crippen molar-refractivity contribution in [3.05, 3.63) is 11.6 Å². The molecule has 4 aliphatic rings. The van der Waals surface area contributed by atoms with Crippen LogP contribution < -0.4 is 0 Å². The third-order valence-corrected chi connectivity index (χ3v) is 10.1. The van der Waals surface area contributed by atoms with Crippen LogP contribution in [0.15, 0.2) is 11.6 Å². The molecule has 0 saturated heterocycles. The molecule has 4 aliphatic carbocycles. The van der Waals surface area contributed by atoms with E-state index in [-0.39, 0.29) is 35.1 Å². The molecule has 0 aromatic heterocycles. The molecule has 0 spiro atoms. The van der Waals surface area contributed by atoms with E-state index in [2.05, 4.69) is 20.1 Å². The van der Waals surface area contributed by atoms with E-state index in [4.69, 9.17) is 4.74 Å². The highest BCUT2D eigenvalue weighted by molar-refractivity contribution is 7.99. The smallest absolute Gasteiger partial charge is 0.303 e. The Morgan fingerprint density at radius 3 is 2.62 bits per heavy atom. The summed E-state index contributed by atoms with van der Waals surface area (Å²) in [4.78, 5) is 36.4. The SMILES string of the molecule is CS[C@@H]1C[C@H]2[C@@H]3CCC4=CC(=O)CC[C@]4(C)[C@H]3CC[C@]2(C)[C@H]1C(=O)COC(C)=O. The number of ketones is 2.